The van der Waals surface area contributed by atoms with E-state index < -0.39 is 27.0 Å². The Kier molecular flexibility index (Phi) is 9.10. The van der Waals surface area contributed by atoms with E-state index in [-0.39, 0.29) is 49.7 Å². The number of nitro benzene ring substituents is 1. The molecule has 0 spiro atoms. The SMILES string of the molecule is O=C(O)CCN(CCCNS(=O)(=O)c1ccc([N+](=O)[O-])cc1)C(=O)OCc1ccccc1. The van der Waals surface area contributed by atoms with Crippen LogP contribution in [-0.4, -0.2) is 55.0 Å². The van der Waals surface area contributed by atoms with E-state index in [9.17, 15) is 28.1 Å². The molecule has 32 heavy (non-hydrogen) atoms. The molecular formula is C20H23N3O8S. The second kappa shape index (κ2) is 11.8. The number of sulfonamides is 1. The Hall–Kier alpha value is -3.51. The van der Waals surface area contributed by atoms with Crippen LogP contribution in [0, 0.1) is 10.1 Å². The molecule has 172 valence electrons. The average molecular weight is 465 g/mol. The maximum absolute atomic E-state index is 12.3. The number of hydrogen-bond acceptors (Lipinski definition) is 7. The number of benzene rings is 2. The number of nitrogens with one attached hydrogen (secondary N) is 1. The summed E-state index contributed by atoms with van der Waals surface area (Å²) in [5.41, 5.74) is 0.543. The number of ether oxygens (including phenoxy) is 1. The lowest BCUT2D eigenvalue weighted by atomic mass is 10.2. The van der Waals surface area contributed by atoms with Crippen LogP contribution in [0.25, 0.3) is 0 Å². The van der Waals surface area contributed by atoms with Crippen molar-refractivity contribution >= 4 is 27.8 Å². The molecule has 1 amide bonds. The van der Waals surface area contributed by atoms with E-state index in [1.165, 1.54) is 4.90 Å². The molecule has 0 atom stereocenters. The van der Waals surface area contributed by atoms with Crippen molar-refractivity contribution in [3.05, 3.63) is 70.3 Å². The number of amides is 1. The fraction of sp³-hybridized carbons (Fsp3) is 0.300. The predicted molar refractivity (Wildman–Crippen MR) is 113 cm³/mol. The number of hydrogen-bond donors (Lipinski definition) is 2. The highest BCUT2D eigenvalue weighted by Crippen LogP contribution is 2.15. The predicted octanol–water partition coefficient (Wildman–Crippen LogP) is 2.38. The first-order chi connectivity index (χ1) is 15.2. The third-order valence-corrected chi connectivity index (χ3v) is 5.79. The third-order valence-electron chi connectivity index (χ3n) is 4.31. The van der Waals surface area contributed by atoms with E-state index in [0.717, 1.165) is 29.8 Å². The highest BCUT2D eigenvalue weighted by molar-refractivity contribution is 7.89. The Morgan fingerprint density at radius 2 is 1.72 bits per heavy atom. The van der Waals surface area contributed by atoms with Gasteiger partial charge < -0.3 is 14.7 Å². The van der Waals surface area contributed by atoms with Gasteiger partial charge in [0.25, 0.3) is 5.69 Å². The number of nitrogens with zero attached hydrogens (tertiary/aromatic N) is 2. The van der Waals surface area contributed by atoms with Gasteiger partial charge >= 0.3 is 12.1 Å². The minimum atomic E-state index is -3.89. The molecule has 2 aromatic rings. The van der Waals surface area contributed by atoms with E-state index in [0.29, 0.717) is 0 Å². The lowest BCUT2D eigenvalue weighted by molar-refractivity contribution is -0.384. The molecule has 0 heterocycles. The number of aliphatic carboxylic acids is 1. The molecule has 0 bridgehead atoms. The molecule has 0 unspecified atom stereocenters. The number of carbonyl (C=O) groups excluding carboxylic acids is 1. The largest absolute Gasteiger partial charge is 0.481 e. The number of non-ortho nitro benzene ring substituents is 1. The van der Waals surface area contributed by atoms with Crippen molar-refractivity contribution in [1.29, 1.82) is 0 Å². The summed E-state index contributed by atoms with van der Waals surface area (Å²) in [5.74, 6) is -1.08. The Balaban J connectivity index is 1.88. The average Bonchev–Trinajstić information content (AvgIpc) is 2.77. The summed E-state index contributed by atoms with van der Waals surface area (Å²) in [4.78, 5) is 34.3. The molecule has 11 nitrogen and oxygen atoms in total. The van der Waals surface area contributed by atoms with Crippen LogP contribution in [-0.2, 0) is 26.2 Å². The van der Waals surface area contributed by atoms with Gasteiger partial charge in [0.2, 0.25) is 10.0 Å². The molecule has 0 aromatic heterocycles. The van der Waals surface area contributed by atoms with E-state index in [1.807, 2.05) is 6.07 Å². The van der Waals surface area contributed by atoms with Crippen molar-refractivity contribution in [3.63, 3.8) is 0 Å². The molecule has 0 aliphatic carbocycles. The third kappa shape index (κ3) is 7.96. The van der Waals surface area contributed by atoms with Gasteiger partial charge in [0, 0.05) is 31.8 Å². The summed E-state index contributed by atoms with van der Waals surface area (Å²) < 4.78 is 32.2. The van der Waals surface area contributed by atoms with Crippen LogP contribution in [0.15, 0.2) is 59.5 Å². The van der Waals surface area contributed by atoms with Crippen molar-refractivity contribution in [2.75, 3.05) is 19.6 Å². The molecule has 0 aliphatic rings. The summed E-state index contributed by atoms with van der Waals surface area (Å²) in [6.45, 7) is -0.0212. The molecular weight excluding hydrogens is 442 g/mol. The Morgan fingerprint density at radius 3 is 2.31 bits per heavy atom. The first kappa shape index (κ1) is 24.8. The van der Waals surface area contributed by atoms with Gasteiger partial charge in [-0.1, -0.05) is 30.3 Å². The minimum absolute atomic E-state index is 0.0238. The second-order valence-electron chi connectivity index (χ2n) is 6.67. The van der Waals surface area contributed by atoms with Crippen molar-refractivity contribution in [1.82, 2.24) is 9.62 Å². The van der Waals surface area contributed by atoms with Crippen LogP contribution >= 0.6 is 0 Å². The molecule has 0 saturated carbocycles. The van der Waals surface area contributed by atoms with Gasteiger partial charge in [-0.25, -0.2) is 17.9 Å². The topological polar surface area (TPSA) is 156 Å². The number of carboxylic acid groups (broad SMARTS) is 1. The van der Waals surface area contributed by atoms with Crippen LogP contribution in [0.5, 0.6) is 0 Å². The molecule has 2 N–H and O–H groups in total. The molecule has 2 aromatic carbocycles. The quantitative estimate of drug-likeness (QED) is 0.275. The van der Waals surface area contributed by atoms with E-state index in [2.05, 4.69) is 4.72 Å². The molecule has 0 saturated heterocycles. The summed E-state index contributed by atoms with van der Waals surface area (Å²) >= 11 is 0. The van der Waals surface area contributed by atoms with Gasteiger partial charge in [0.05, 0.1) is 16.2 Å². The first-order valence-electron chi connectivity index (χ1n) is 9.60. The summed E-state index contributed by atoms with van der Waals surface area (Å²) in [6.07, 6.45) is -0.783. The van der Waals surface area contributed by atoms with Crippen molar-refractivity contribution in [3.8, 4) is 0 Å². The fourth-order valence-electron chi connectivity index (χ4n) is 2.64. The van der Waals surface area contributed by atoms with Crippen molar-refractivity contribution in [2.45, 2.75) is 24.3 Å². The van der Waals surface area contributed by atoms with Crippen LogP contribution in [0.1, 0.15) is 18.4 Å². The standard InChI is InChI=1S/C20H23N3O8S/c24-19(25)11-14-22(20(26)31-15-16-5-2-1-3-6-16)13-4-12-21-32(29,30)18-9-7-17(8-10-18)23(27)28/h1-3,5-10,21H,4,11-15H2,(H,24,25). The summed E-state index contributed by atoms with van der Waals surface area (Å²) in [6, 6.07) is 13.4. The minimum Gasteiger partial charge on any atom is -0.481 e. The lowest BCUT2D eigenvalue weighted by Gasteiger charge is -2.21. The zero-order valence-corrected chi connectivity index (χ0v) is 17.9. The Labute approximate surface area is 184 Å². The summed E-state index contributed by atoms with van der Waals surface area (Å²) in [5, 5.41) is 19.6. The molecule has 0 radical (unpaired) electrons. The maximum Gasteiger partial charge on any atom is 0.410 e. The number of carbonyl (C=O) groups is 2. The molecule has 0 aliphatic heterocycles. The van der Waals surface area contributed by atoms with Crippen LogP contribution in [0.3, 0.4) is 0 Å². The fourth-order valence-corrected chi connectivity index (χ4v) is 3.72. The number of carboxylic acids is 1. The van der Waals surface area contributed by atoms with Gasteiger partial charge in [-0.3, -0.25) is 14.9 Å². The monoisotopic (exact) mass is 465 g/mol. The number of rotatable bonds is 12. The van der Waals surface area contributed by atoms with Gasteiger partial charge in [0.1, 0.15) is 6.61 Å². The molecule has 12 heteroatoms. The molecule has 0 fully saturated rings. The summed E-state index contributed by atoms with van der Waals surface area (Å²) in [7, 11) is -3.89. The highest BCUT2D eigenvalue weighted by atomic mass is 32.2. The van der Waals surface area contributed by atoms with Gasteiger partial charge in [-0.15, -0.1) is 0 Å². The van der Waals surface area contributed by atoms with Crippen LogP contribution in [0.4, 0.5) is 10.5 Å². The number of nitro groups is 1. The normalized spacial score (nSPS) is 11.0. The smallest absolute Gasteiger partial charge is 0.410 e. The van der Waals surface area contributed by atoms with Crippen LogP contribution in [0.2, 0.25) is 0 Å². The molecule has 2 rings (SSSR count). The second-order valence-corrected chi connectivity index (χ2v) is 8.44. The highest BCUT2D eigenvalue weighted by Gasteiger charge is 2.18. The maximum atomic E-state index is 12.3. The lowest BCUT2D eigenvalue weighted by Crippen LogP contribution is -2.36. The van der Waals surface area contributed by atoms with Gasteiger partial charge in [-0.05, 0) is 24.1 Å². The van der Waals surface area contributed by atoms with Crippen molar-refractivity contribution < 1.29 is 32.8 Å². The van der Waals surface area contributed by atoms with E-state index in [1.54, 1.807) is 24.3 Å². The van der Waals surface area contributed by atoms with E-state index in [4.69, 9.17) is 9.84 Å². The van der Waals surface area contributed by atoms with Crippen molar-refractivity contribution in [2.24, 2.45) is 0 Å². The zero-order chi connectivity index (χ0) is 23.6. The Bertz CT molecular complexity index is 1030. The van der Waals surface area contributed by atoms with E-state index >= 15 is 0 Å². The van der Waals surface area contributed by atoms with Gasteiger partial charge in [-0.2, -0.15) is 0 Å². The zero-order valence-electron chi connectivity index (χ0n) is 17.0. The Morgan fingerprint density at radius 1 is 1.06 bits per heavy atom. The first-order valence-corrected chi connectivity index (χ1v) is 11.1. The van der Waals surface area contributed by atoms with Gasteiger partial charge in [0.15, 0.2) is 0 Å². The van der Waals surface area contributed by atoms with Crippen LogP contribution < -0.4 is 4.72 Å².